The molecule has 1 amide bonds. The summed E-state index contributed by atoms with van der Waals surface area (Å²) in [6.07, 6.45) is 12.6. The lowest BCUT2D eigenvalue weighted by Gasteiger charge is -2.28. The lowest BCUT2D eigenvalue weighted by Crippen LogP contribution is -2.32. The van der Waals surface area contributed by atoms with Crippen LogP contribution < -0.4 is 5.32 Å². The Morgan fingerprint density at radius 2 is 2.03 bits per heavy atom. The highest BCUT2D eigenvalue weighted by molar-refractivity contribution is 5.94. The van der Waals surface area contributed by atoms with Crippen molar-refractivity contribution in [1.29, 1.82) is 0 Å². The number of aromatic nitrogens is 3. The summed E-state index contributed by atoms with van der Waals surface area (Å²) in [5.74, 6) is 1.98. The Kier molecular flexibility index (Phi) is 7.09. The van der Waals surface area contributed by atoms with E-state index in [0.29, 0.717) is 24.9 Å². The van der Waals surface area contributed by atoms with Crippen molar-refractivity contribution < 1.29 is 9.21 Å². The highest BCUT2D eigenvalue weighted by atomic mass is 16.4. The van der Waals surface area contributed by atoms with Crippen LogP contribution in [0.25, 0.3) is 22.4 Å². The Morgan fingerprint density at radius 1 is 1.18 bits per heavy atom. The minimum Gasteiger partial charge on any atom is -0.419 e. The molecule has 1 fully saturated rings. The smallest absolute Gasteiger partial charge is 0.249 e. The summed E-state index contributed by atoms with van der Waals surface area (Å²) >= 11 is 0. The van der Waals surface area contributed by atoms with Crippen LogP contribution in [0, 0.1) is 5.92 Å². The van der Waals surface area contributed by atoms with Crippen molar-refractivity contribution in [2.75, 3.05) is 19.6 Å². The first-order valence-electron chi connectivity index (χ1n) is 12.7. The van der Waals surface area contributed by atoms with Gasteiger partial charge in [0.1, 0.15) is 6.54 Å². The zero-order valence-corrected chi connectivity index (χ0v) is 20.1. The van der Waals surface area contributed by atoms with Crippen molar-refractivity contribution >= 4 is 16.8 Å². The molecule has 1 aliphatic heterocycles. The molecule has 3 aromatic rings. The minimum atomic E-state index is 0.0225. The molecule has 1 aliphatic carbocycles. The molecule has 1 N–H and O–H groups in total. The van der Waals surface area contributed by atoms with E-state index in [1.807, 2.05) is 35.0 Å². The van der Waals surface area contributed by atoms with Crippen molar-refractivity contribution in [3.8, 4) is 11.5 Å². The molecule has 7 heteroatoms. The lowest BCUT2D eigenvalue weighted by molar-refractivity contribution is -0.121. The van der Waals surface area contributed by atoms with Gasteiger partial charge in [0, 0.05) is 23.6 Å². The molecule has 0 atom stereocenters. The van der Waals surface area contributed by atoms with E-state index in [1.54, 1.807) is 0 Å². The Bertz CT molecular complexity index is 1150. The average Bonchev–Trinajstić information content (AvgIpc) is 3.46. The Hall–Kier alpha value is -2.93. The third-order valence-electron chi connectivity index (χ3n) is 7.19. The molecule has 180 valence electrons. The minimum absolute atomic E-state index is 0.0225. The van der Waals surface area contributed by atoms with E-state index >= 15 is 0 Å². The number of fused-ring (bicyclic) bond motifs is 1. The van der Waals surface area contributed by atoms with Gasteiger partial charge in [-0.15, -0.1) is 10.2 Å². The number of likely N-dealkylation sites (tertiary alicyclic amines) is 1. The monoisotopic (exact) mass is 461 g/mol. The number of para-hydroxylation sites is 1. The average molecular weight is 462 g/mol. The Labute approximate surface area is 201 Å². The molecule has 1 saturated heterocycles. The van der Waals surface area contributed by atoms with E-state index in [1.165, 1.54) is 44.1 Å². The fraction of sp³-hybridized carbons (Fsp3) is 0.519. The van der Waals surface area contributed by atoms with Gasteiger partial charge in [-0.2, -0.15) is 0 Å². The zero-order chi connectivity index (χ0) is 23.3. The van der Waals surface area contributed by atoms with Crippen molar-refractivity contribution in [2.45, 2.75) is 65.0 Å². The Morgan fingerprint density at radius 3 is 2.85 bits per heavy atom. The van der Waals surface area contributed by atoms with Crippen LogP contribution in [0.2, 0.25) is 0 Å². The second-order valence-corrected chi connectivity index (χ2v) is 9.86. The number of nitrogens with zero attached hydrogens (tertiary/aromatic N) is 4. The van der Waals surface area contributed by atoms with Gasteiger partial charge in [-0.05, 0) is 70.0 Å². The van der Waals surface area contributed by atoms with Crippen molar-refractivity contribution in [1.82, 2.24) is 25.0 Å². The molecule has 1 aromatic carbocycles. The van der Waals surface area contributed by atoms with Gasteiger partial charge in [-0.1, -0.05) is 36.8 Å². The third-order valence-corrected chi connectivity index (χ3v) is 7.19. The van der Waals surface area contributed by atoms with E-state index in [4.69, 9.17) is 4.42 Å². The van der Waals surface area contributed by atoms with Crippen LogP contribution >= 0.6 is 0 Å². The van der Waals surface area contributed by atoms with Gasteiger partial charge in [-0.3, -0.25) is 9.69 Å². The highest BCUT2D eigenvalue weighted by Gasteiger charge is 2.20. The number of benzene rings is 1. The van der Waals surface area contributed by atoms with Gasteiger partial charge in [-0.25, -0.2) is 0 Å². The SMILES string of the molecule is CC1CCN(Cc2nnc(-c3cn(CC(=O)NCCC4=CCCCC4)c4ccccc34)o2)CC1. The quantitative estimate of drug-likeness (QED) is 0.482. The number of carbonyl (C=O) groups excluding carboxylic acids is 1. The molecule has 34 heavy (non-hydrogen) atoms. The summed E-state index contributed by atoms with van der Waals surface area (Å²) in [5.41, 5.74) is 3.35. The molecular formula is C27H35N5O2. The second-order valence-electron chi connectivity index (χ2n) is 9.86. The number of rotatable bonds is 8. The molecule has 0 unspecified atom stereocenters. The molecule has 7 nitrogen and oxygen atoms in total. The number of hydrogen-bond acceptors (Lipinski definition) is 5. The van der Waals surface area contributed by atoms with E-state index < -0.39 is 0 Å². The molecule has 0 spiro atoms. The molecule has 2 aromatic heterocycles. The molecule has 0 radical (unpaired) electrons. The maximum atomic E-state index is 12.7. The molecule has 2 aliphatic rings. The van der Waals surface area contributed by atoms with Crippen LogP contribution in [0.4, 0.5) is 0 Å². The van der Waals surface area contributed by atoms with Gasteiger partial charge < -0.3 is 14.3 Å². The summed E-state index contributed by atoms with van der Waals surface area (Å²) < 4.78 is 8.06. The topological polar surface area (TPSA) is 76.2 Å². The first-order valence-corrected chi connectivity index (χ1v) is 12.7. The van der Waals surface area contributed by atoms with Crippen LogP contribution in [-0.2, 0) is 17.9 Å². The van der Waals surface area contributed by atoms with E-state index in [0.717, 1.165) is 41.9 Å². The highest BCUT2D eigenvalue weighted by Crippen LogP contribution is 2.30. The predicted molar refractivity (Wildman–Crippen MR) is 133 cm³/mol. The molecule has 5 rings (SSSR count). The molecule has 3 heterocycles. The molecule has 0 saturated carbocycles. The van der Waals surface area contributed by atoms with E-state index in [9.17, 15) is 4.79 Å². The van der Waals surface area contributed by atoms with Crippen LogP contribution in [0.5, 0.6) is 0 Å². The number of piperidine rings is 1. The second kappa shape index (κ2) is 10.6. The van der Waals surface area contributed by atoms with Crippen LogP contribution in [0.3, 0.4) is 0 Å². The number of amides is 1. The summed E-state index contributed by atoms with van der Waals surface area (Å²) in [5, 5.41) is 12.8. The number of carbonyl (C=O) groups is 1. The van der Waals surface area contributed by atoms with Gasteiger partial charge in [0.25, 0.3) is 0 Å². The fourth-order valence-corrected chi connectivity index (χ4v) is 5.09. The van der Waals surface area contributed by atoms with Gasteiger partial charge >= 0.3 is 0 Å². The number of nitrogens with one attached hydrogen (secondary N) is 1. The van der Waals surface area contributed by atoms with Crippen molar-refractivity contribution in [3.63, 3.8) is 0 Å². The van der Waals surface area contributed by atoms with Crippen LogP contribution in [-0.4, -0.2) is 45.2 Å². The summed E-state index contributed by atoms with van der Waals surface area (Å²) in [4.78, 5) is 15.1. The summed E-state index contributed by atoms with van der Waals surface area (Å²) in [7, 11) is 0. The van der Waals surface area contributed by atoms with Crippen LogP contribution in [0.15, 0.2) is 46.5 Å². The van der Waals surface area contributed by atoms with Gasteiger partial charge in [0.05, 0.1) is 12.1 Å². The van der Waals surface area contributed by atoms with Crippen molar-refractivity contribution in [3.05, 3.63) is 48.0 Å². The lowest BCUT2D eigenvalue weighted by atomic mass is 9.97. The van der Waals surface area contributed by atoms with E-state index in [2.05, 4.69) is 33.4 Å². The largest absolute Gasteiger partial charge is 0.419 e. The Balaban J connectivity index is 1.26. The van der Waals surface area contributed by atoms with Crippen molar-refractivity contribution in [2.24, 2.45) is 5.92 Å². The zero-order valence-electron chi connectivity index (χ0n) is 20.1. The van der Waals surface area contributed by atoms with Gasteiger partial charge in [0.2, 0.25) is 17.7 Å². The first kappa shape index (κ1) is 22.8. The fourth-order valence-electron chi connectivity index (χ4n) is 5.09. The number of hydrogen-bond donors (Lipinski definition) is 1. The maximum absolute atomic E-state index is 12.7. The summed E-state index contributed by atoms with van der Waals surface area (Å²) in [6, 6.07) is 8.07. The maximum Gasteiger partial charge on any atom is 0.249 e. The van der Waals surface area contributed by atoms with Gasteiger partial charge in [0.15, 0.2) is 0 Å². The van der Waals surface area contributed by atoms with E-state index in [-0.39, 0.29) is 12.5 Å². The standard InChI is InChI=1S/C27H35N5O2/c1-20-12-15-31(16-13-20)19-26-29-30-27(34-26)23-17-32(24-10-6-5-9-22(23)24)18-25(33)28-14-11-21-7-3-2-4-8-21/h5-7,9-10,17,20H,2-4,8,11-16,18-19H2,1H3,(H,28,33). The normalized spacial score (nSPS) is 17.7. The molecule has 0 bridgehead atoms. The predicted octanol–water partition coefficient (Wildman–Crippen LogP) is 4.93. The van der Waals surface area contributed by atoms with Crippen LogP contribution in [0.1, 0.15) is 57.8 Å². The molecular weight excluding hydrogens is 426 g/mol. The number of allylic oxidation sites excluding steroid dienone is 1. The summed E-state index contributed by atoms with van der Waals surface area (Å²) in [6.45, 7) is 6.12. The third kappa shape index (κ3) is 5.41. The first-order chi connectivity index (χ1) is 16.7.